The van der Waals surface area contributed by atoms with E-state index in [9.17, 15) is 14.4 Å². The summed E-state index contributed by atoms with van der Waals surface area (Å²) in [5, 5.41) is 1.14. The molecule has 0 unspecified atom stereocenters. The smallest absolute Gasteiger partial charge is 0.348 e. The van der Waals surface area contributed by atoms with Crippen molar-refractivity contribution in [3.8, 4) is 0 Å². The van der Waals surface area contributed by atoms with Gasteiger partial charge in [0.2, 0.25) is 0 Å². The topological polar surface area (TPSA) is 114 Å². The molecule has 11 heteroatoms. The van der Waals surface area contributed by atoms with Crippen LogP contribution in [-0.4, -0.2) is 35.7 Å². The Kier molecular flexibility index (Phi) is 6.84. The van der Waals surface area contributed by atoms with Gasteiger partial charge in [-0.05, 0) is 25.1 Å². The fourth-order valence-electron chi connectivity index (χ4n) is 2.90. The number of thiophene rings is 1. The van der Waals surface area contributed by atoms with Crippen LogP contribution in [0.25, 0.3) is 10.9 Å². The van der Waals surface area contributed by atoms with Crippen LogP contribution in [0, 0.1) is 0 Å². The Morgan fingerprint density at radius 3 is 2.60 bits per heavy atom. The van der Waals surface area contributed by atoms with E-state index in [0.29, 0.717) is 28.2 Å². The second kappa shape index (κ2) is 9.19. The van der Waals surface area contributed by atoms with Gasteiger partial charge in [0.25, 0.3) is 5.56 Å². The summed E-state index contributed by atoms with van der Waals surface area (Å²) in [5.74, 6) is -1.06. The molecule has 0 bridgehead atoms. The lowest BCUT2D eigenvalue weighted by molar-refractivity contribution is 0.0601. The van der Waals surface area contributed by atoms with Crippen LogP contribution in [-0.2, 0) is 21.8 Å². The third kappa shape index (κ3) is 4.09. The molecule has 0 spiro atoms. The van der Waals surface area contributed by atoms with Crippen molar-refractivity contribution in [2.45, 2.75) is 24.4 Å². The van der Waals surface area contributed by atoms with Crippen LogP contribution in [0.4, 0.5) is 5.00 Å². The number of anilines is 1. The third-order valence-corrected chi connectivity index (χ3v) is 6.87. The zero-order valence-electron chi connectivity index (χ0n) is 16.4. The molecule has 0 aliphatic heterocycles. The molecular weight excluding hydrogens is 494 g/mol. The lowest BCUT2D eigenvalue weighted by atomic mass is 10.1. The van der Waals surface area contributed by atoms with Crippen molar-refractivity contribution >= 4 is 66.9 Å². The number of carbonyl (C=O) groups is 2. The molecule has 0 aliphatic rings. The highest BCUT2D eigenvalue weighted by Crippen LogP contribution is 2.36. The quantitative estimate of drug-likeness (QED) is 0.302. The minimum atomic E-state index is -0.640. The van der Waals surface area contributed by atoms with E-state index in [1.54, 1.807) is 16.7 Å². The SMILES string of the molecule is CCn1c(SCc2c(C(=O)OC)sc(N)c2C(=O)OC)nc2ccc(Br)cc2c1=O. The zero-order valence-corrected chi connectivity index (χ0v) is 19.6. The lowest BCUT2D eigenvalue weighted by Crippen LogP contribution is -2.22. The number of halogens is 1. The number of thioether (sulfide) groups is 1. The van der Waals surface area contributed by atoms with E-state index < -0.39 is 11.9 Å². The highest BCUT2D eigenvalue weighted by Gasteiger charge is 2.27. The number of esters is 2. The van der Waals surface area contributed by atoms with Crippen LogP contribution in [0.15, 0.2) is 32.6 Å². The summed E-state index contributed by atoms with van der Waals surface area (Å²) in [6.07, 6.45) is 0. The summed E-state index contributed by atoms with van der Waals surface area (Å²) in [7, 11) is 2.50. The number of hydrogen-bond donors (Lipinski definition) is 1. The number of nitrogens with zero attached hydrogens (tertiary/aromatic N) is 2. The first-order valence-electron chi connectivity index (χ1n) is 8.73. The Morgan fingerprint density at radius 1 is 1.27 bits per heavy atom. The molecule has 2 heterocycles. The van der Waals surface area contributed by atoms with Crippen LogP contribution in [0.1, 0.15) is 32.5 Å². The van der Waals surface area contributed by atoms with Crippen molar-refractivity contribution in [2.75, 3.05) is 20.0 Å². The van der Waals surface area contributed by atoms with Crippen LogP contribution in [0.3, 0.4) is 0 Å². The zero-order chi connectivity index (χ0) is 22.0. The Hall–Kier alpha value is -2.37. The Balaban J connectivity index is 2.08. The molecule has 2 aromatic heterocycles. The van der Waals surface area contributed by atoms with Gasteiger partial charge in [-0.25, -0.2) is 14.6 Å². The molecule has 0 saturated carbocycles. The van der Waals surface area contributed by atoms with E-state index in [0.717, 1.165) is 15.8 Å². The van der Waals surface area contributed by atoms with Crippen molar-refractivity contribution in [1.29, 1.82) is 0 Å². The molecule has 30 heavy (non-hydrogen) atoms. The number of benzene rings is 1. The van der Waals surface area contributed by atoms with Gasteiger partial charge in [-0.1, -0.05) is 27.7 Å². The van der Waals surface area contributed by atoms with Gasteiger partial charge in [0.1, 0.15) is 9.88 Å². The molecule has 3 aromatic rings. The fourth-order valence-corrected chi connectivity index (χ4v) is 5.44. The van der Waals surface area contributed by atoms with Gasteiger partial charge in [0.05, 0.1) is 30.7 Å². The van der Waals surface area contributed by atoms with Gasteiger partial charge in [-0.2, -0.15) is 0 Å². The van der Waals surface area contributed by atoms with Crippen molar-refractivity contribution in [3.05, 3.63) is 49.0 Å². The monoisotopic (exact) mass is 511 g/mol. The van der Waals surface area contributed by atoms with E-state index in [-0.39, 0.29) is 26.8 Å². The van der Waals surface area contributed by atoms with Crippen LogP contribution in [0.2, 0.25) is 0 Å². The molecule has 0 radical (unpaired) electrons. The van der Waals surface area contributed by atoms with Crippen molar-refractivity contribution < 1.29 is 19.1 Å². The normalized spacial score (nSPS) is 10.9. The predicted molar refractivity (Wildman–Crippen MR) is 120 cm³/mol. The second-order valence-corrected chi connectivity index (χ2v) is 8.94. The van der Waals surface area contributed by atoms with Crippen LogP contribution in [0.5, 0.6) is 0 Å². The molecule has 0 aliphatic carbocycles. The maximum Gasteiger partial charge on any atom is 0.348 e. The molecule has 0 saturated heterocycles. The van der Waals surface area contributed by atoms with E-state index in [2.05, 4.69) is 20.9 Å². The van der Waals surface area contributed by atoms with E-state index in [1.807, 2.05) is 13.0 Å². The fraction of sp³-hybridized carbons (Fsp3) is 0.263. The van der Waals surface area contributed by atoms with Gasteiger partial charge in [-0.3, -0.25) is 9.36 Å². The summed E-state index contributed by atoms with van der Waals surface area (Å²) in [6, 6.07) is 5.30. The Bertz CT molecular complexity index is 1210. The first-order valence-corrected chi connectivity index (χ1v) is 11.3. The molecule has 158 valence electrons. The number of ether oxygens (including phenoxy) is 2. The second-order valence-electron chi connectivity index (χ2n) is 6.03. The van der Waals surface area contributed by atoms with E-state index >= 15 is 0 Å². The minimum absolute atomic E-state index is 0.130. The largest absolute Gasteiger partial charge is 0.465 e. The highest BCUT2D eigenvalue weighted by molar-refractivity contribution is 9.10. The number of hydrogen-bond acceptors (Lipinski definition) is 9. The van der Waals surface area contributed by atoms with Crippen molar-refractivity contribution in [3.63, 3.8) is 0 Å². The number of nitrogen functional groups attached to an aromatic ring is 1. The number of carbonyl (C=O) groups excluding carboxylic acids is 2. The van der Waals surface area contributed by atoms with Gasteiger partial charge in [0.15, 0.2) is 5.16 Å². The van der Waals surface area contributed by atoms with Gasteiger partial charge in [-0.15, -0.1) is 11.3 Å². The van der Waals surface area contributed by atoms with Gasteiger partial charge >= 0.3 is 11.9 Å². The van der Waals surface area contributed by atoms with Crippen LogP contribution >= 0.6 is 39.0 Å². The molecule has 3 rings (SSSR count). The predicted octanol–water partition coefficient (Wildman–Crippen LogP) is 3.69. The van der Waals surface area contributed by atoms with Crippen molar-refractivity contribution in [2.24, 2.45) is 0 Å². The number of methoxy groups -OCH3 is 2. The average molecular weight is 512 g/mol. The maximum absolute atomic E-state index is 12.9. The maximum atomic E-state index is 12.9. The third-order valence-electron chi connectivity index (χ3n) is 4.34. The summed E-state index contributed by atoms with van der Waals surface area (Å²) >= 11 is 5.57. The summed E-state index contributed by atoms with van der Waals surface area (Å²) < 4.78 is 12.0. The molecule has 0 atom stereocenters. The molecule has 0 amide bonds. The number of fused-ring (bicyclic) bond motifs is 1. The van der Waals surface area contributed by atoms with Crippen molar-refractivity contribution in [1.82, 2.24) is 9.55 Å². The van der Waals surface area contributed by atoms with Gasteiger partial charge in [0, 0.05) is 22.3 Å². The lowest BCUT2D eigenvalue weighted by Gasteiger charge is -2.12. The summed E-state index contributed by atoms with van der Waals surface area (Å²) in [5.41, 5.74) is 6.89. The van der Waals surface area contributed by atoms with E-state index in [1.165, 1.54) is 26.0 Å². The standard InChI is InChI=1S/C19H18BrN3O5S2/c1-4-23-16(24)10-7-9(20)5-6-12(10)22-19(23)29-8-11-13(17(25)27-2)15(21)30-14(11)18(26)28-3/h5-7H,4,8,21H2,1-3H3. The molecule has 2 N–H and O–H groups in total. The number of aromatic nitrogens is 2. The van der Waals surface area contributed by atoms with Crippen LogP contribution < -0.4 is 11.3 Å². The van der Waals surface area contributed by atoms with Gasteiger partial charge < -0.3 is 15.2 Å². The molecule has 8 nitrogen and oxygen atoms in total. The van der Waals surface area contributed by atoms with E-state index in [4.69, 9.17) is 15.2 Å². The summed E-state index contributed by atoms with van der Waals surface area (Å²) in [6.45, 7) is 2.26. The molecular formula is C19H18BrN3O5S2. The Labute approximate surface area is 188 Å². The Morgan fingerprint density at radius 2 is 1.97 bits per heavy atom. The molecule has 1 aromatic carbocycles. The first kappa shape index (κ1) is 22.3. The summed E-state index contributed by atoms with van der Waals surface area (Å²) in [4.78, 5) is 42.2. The first-order chi connectivity index (χ1) is 14.3. The highest BCUT2D eigenvalue weighted by atomic mass is 79.9. The molecule has 0 fully saturated rings. The average Bonchev–Trinajstić information content (AvgIpc) is 3.07. The number of rotatable bonds is 6. The number of nitrogens with two attached hydrogens (primary N) is 1. The minimum Gasteiger partial charge on any atom is -0.465 e.